The second kappa shape index (κ2) is 8.08. The topological polar surface area (TPSA) is 70.0 Å². The number of hydrogen-bond acceptors (Lipinski definition) is 4. The van der Waals surface area contributed by atoms with E-state index in [-0.39, 0.29) is 11.9 Å². The second-order valence-electron chi connectivity index (χ2n) is 10.4. The van der Waals surface area contributed by atoms with Crippen molar-refractivity contribution in [3.8, 4) is 0 Å². The summed E-state index contributed by atoms with van der Waals surface area (Å²) in [5.74, 6) is 0.842. The van der Waals surface area contributed by atoms with E-state index in [0.29, 0.717) is 34.3 Å². The average Bonchev–Trinajstić information content (AvgIpc) is 3.45. The smallest absolute Gasteiger partial charge is 0.143 e. The quantitative estimate of drug-likeness (QED) is 0.413. The zero-order chi connectivity index (χ0) is 23.6. The second-order valence-corrected chi connectivity index (χ2v) is 10.4. The highest BCUT2D eigenvalue weighted by atomic mass is 19.1. The van der Waals surface area contributed by atoms with Gasteiger partial charge in [0.2, 0.25) is 0 Å². The zero-order valence-electron chi connectivity index (χ0n) is 20.1. The summed E-state index contributed by atoms with van der Waals surface area (Å²) in [5, 5.41) is 19.4. The Balaban J connectivity index is 1.58. The van der Waals surface area contributed by atoms with Crippen LogP contribution in [0.4, 0.5) is 10.1 Å². The third kappa shape index (κ3) is 3.32. The van der Waals surface area contributed by atoms with Crippen LogP contribution < -0.4 is 4.90 Å². The minimum atomic E-state index is -1.06. The number of aliphatic hydroxyl groups excluding tert-OH is 1. The number of anilines is 1. The molecule has 1 aliphatic carbocycles. The van der Waals surface area contributed by atoms with Crippen molar-refractivity contribution in [2.24, 2.45) is 5.92 Å². The van der Waals surface area contributed by atoms with Crippen LogP contribution in [0.15, 0.2) is 30.5 Å². The standard InChI is InChI=1S/C27H32FN5O/c1-15-5-4-6-19(11-15)33-23-10-9-22-20(8-7-16(2)32(22)3)25(23)30-27(33)26(34)21-13-18(28)12-17-14-29-31-24(17)21/h9-10,12-16,19,26,34H,4-8,11H2,1-3H3,(H,29,31). The molecule has 178 valence electrons. The lowest BCUT2D eigenvalue weighted by Gasteiger charge is -2.34. The molecular weight excluding hydrogens is 429 g/mol. The summed E-state index contributed by atoms with van der Waals surface area (Å²) < 4.78 is 16.7. The predicted octanol–water partition coefficient (Wildman–Crippen LogP) is 5.66. The fourth-order valence-electron chi connectivity index (χ4n) is 6.20. The average molecular weight is 462 g/mol. The number of benzene rings is 2. The first kappa shape index (κ1) is 21.6. The molecule has 0 radical (unpaired) electrons. The molecule has 0 bridgehead atoms. The van der Waals surface area contributed by atoms with Gasteiger partial charge >= 0.3 is 0 Å². The molecule has 1 fully saturated rings. The maximum absolute atomic E-state index is 14.5. The molecule has 1 aliphatic heterocycles. The molecule has 4 unspecified atom stereocenters. The van der Waals surface area contributed by atoms with Gasteiger partial charge < -0.3 is 14.6 Å². The number of aryl methyl sites for hydroxylation is 1. The Hall–Kier alpha value is -2.93. The van der Waals surface area contributed by atoms with Crippen LogP contribution in [0.1, 0.15) is 75.0 Å². The Kier molecular flexibility index (Phi) is 5.13. The van der Waals surface area contributed by atoms with Gasteiger partial charge in [-0.2, -0.15) is 5.10 Å². The number of nitrogens with zero attached hydrogens (tertiary/aromatic N) is 4. The molecule has 6 nitrogen and oxygen atoms in total. The van der Waals surface area contributed by atoms with Crippen LogP contribution in [-0.4, -0.2) is 37.9 Å². The lowest BCUT2D eigenvalue weighted by atomic mass is 9.86. The molecule has 2 aromatic carbocycles. The summed E-state index contributed by atoms with van der Waals surface area (Å²) in [6.45, 7) is 4.56. The summed E-state index contributed by atoms with van der Waals surface area (Å²) in [6.07, 6.45) is 7.10. The van der Waals surface area contributed by atoms with Crippen LogP contribution in [0, 0.1) is 11.7 Å². The zero-order valence-corrected chi connectivity index (χ0v) is 20.1. The van der Waals surface area contributed by atoms with Crippen molar-refractivity contribution in [2.75, 3.05) is 11.9 Å². The monoisotopic (exact) mass is 461 g/mol. The van der Waals surface area contributed by atoms with Gasteiger partial charge in [0.05, 0.1) is 22.7 Å². The van der Waals surface area contributed by atoms with Gasteiger partial charge in [-0.1, -0.05) is 19.8 Å². The molecule has 7 heteroatoms. The highest BCUT2D eigenvalue weighted by Gasteiger charge is 2.31. The highest BCUT2D eigenvalue weighted by Crippen LogP contribution is 2.42. The van der Waals surface area contributed by atoms with Gasteiger partial charge in [-0.05, 0) is 62.8 Å². The van der Waals surface area contributed by atoms with E-state index in [0.717, 1.165) is 43.1 Å². The SMILES string of the molecule is CC1CCCC(n2c(C(O)c3cc(F)cc4cn[nH]c34)nc3c4c(ccc32)N(C)C(C)CC4)C1. The van der Waals surface area contributed by atoms with Gasteiger partial charge in [0, 0.05) is 41.3 Å². The van der Waals surface area contributed by atoms with Gasteiger partial charge in [0.15, 0.2) is 0 Å². The fraction of sp³-hybridized carbons (Fsp3) is 0.481. The van der Waals surface area contributed by atoms with E-state index in [1.165, 1.54) is 29.8 Å². The number of aliphatic hydroxyl groups is 1. The van der Waals surface area contributed by atoms with Crippen molar-refractivity contribution in [1.82, 2.24) is 19.7 Å². The van der Waals surface area contributed by atoms with Gasteiger partial charge in [0.25, 0.3) is 0 Å². The first-order valence-corrected chi connectivity index (χ1v) is 12.5. The van der Waals surface area contributed by atoms with Gasteiger partial charge in [0.1, 0.15) is 17.7 Å². The van der Waals surface area contributed by atoms with Crippen LogP contribution >= 0.6 is 0 Å². The predicted molar refractivity (Wildman–Crippen MR) is 133 cm³/mol. The number of aromatic amines is 1. The molecule has 1 saturated carbocycles. The number of imidazole rings is 1. The van der Waals surface area contributed by atoms with E-state index in [2.05, 4.69) is 52.7 Å². The first-order valence-electron chi connectivity index (χ1n) is 12.5. The first-order chi connectivity index (χ1) is 16.4. The number of aromatic nitrogens is 4. The summed E-state index contributed by atoms with van der Waals surface area (Å²) in [7, 11) is 2.14. The molecule has 6 rings (SSSR count). The Labute approximate surface area is 198 Å². The number of H-pyrrole nitrogens is 1. The highest BCUT2D eigenvalue weighted by molar-refractivity contribution is 5.87. The van der Waals surface area contributed by atoms with Crippen molar-refractivity contribution in [2.45, 2.75) is 70.6 Å². The number of rotatable bonds is 3. The van der Waals surface area contributed by atoms with Crippen LogP contribution in [0.3, 0.4) is 0 Å². The molecule has 0 amide bonds. The normalized spacial score (nSPS) is 24.0. The fourth-order valence-corrected chi connectivity index (χ4v) is 6.20. The molecule has 2 N–H and O–H groups in total. The number of nitrogens with one attached hydrogen (secondary N) is 1. The van der Waals surface area contributed by atoms with Gasteiger partial charge in [-0.3, -0.25) is 5.10 Å². The molecule has 0 spiro atoms. The Morgan fingerprint density at radius 3 is 2.85 bits per heavy atom. The number of hydrogen-bond donors (Lipinski definition) is 2. The Morgan fingerprint density at radius 2 is 2.03 bits per heavy atom. The van der Waals surface area contributed by atoms with Crippen molar-refractivity contribution >= 4 is 27.6 Å². The van der Waals surface area contributed by atoms with Crippen LogP contribution in [0.5, 0.6) is 0 Å². The van der Waals surface area contributed by atoms with Gasteiger partial charge in [-0.25, -0.2) is 9.37 Å². The number of fused-ring (bicyclic) bond motifs is 4. The third-order valence-electron chi connectivity index (χ3n) is 8.18. The van der Waals surface area contributed by atoms with Crippen LogP contribution in [0.2, 0.25) is 0 Å². The minimum absolute atomic E-state index is 0.266. The van der Waals surface area contributed by atoms with Crippen molar-refractivity contribution < 1.29 is 9.50 Å². The van der Waals surface area contributed by atoms with E-state index in [1.54, 1.807) is 6.20 Å². The maximum atomic E-state index is 14.5. The van der Waals surface area contributed by atoms with Crippen LogP contribution in [0.25, 0.3) is 21.9 Å². The molecular formula is C27H32FN5O. The maximum Gasteiger partial charge on any atom is 0.143 e. The van der Waals surface area contributed by atoms with E-state index >= 15 is 0 Å². The largest absolute Gasteiger partial charge is 0.380 e. The van der Waals surface area contributed by atoms with E-state index < -0.39 is 6.10 Å². The molecule has 4 atom stereocenters. The van der Waals surface area contributed by atoms with Crippen LogP contribution in [-0.2, 0) is 6.42 Å². The molecule has 0 saturated heterocycles. The lowest BCUT2D eigenvalue weighted by Crippen LogP contribution is -2.33. The van der Waals surface area contributed by atoms with E-state index in [1.807, 2.05) is 0 Å². The molecule has 2 aromatic heterocycles. The Bertz CT molecular complexity index is 1370. The summed E-state index contributed by atoms with van der Waals surface area (Å²) >= 11 is 0. The summed E-state index contributed by atoms with van der Waals surface area (Å²) in [4.78, 5) is 7.44. The van der Waals surface area contributed by atoms with Crippen molar-refractivity contribution in [3.05, 3.63) is 53.2 Å². The van der Waals surface area contributed by atoms with E-state index in [9.17, 15) is 9.50 Å². The van der Waals surface area contributed by atoms with Crippen molar-refractivity contribution in [3.63, 3.8) is 0 Å². The number of halogens is 1. The molecule has 2 aliphatic rings. The third-order valence-corrected chi connectivity index (χ3v) is 8.18. The molecule has 34 heavy (non-hydrogen) atoms. The van der Waals surface area contributed by atoms with Gasteiger partial charge in [-0.15, -0.1) is 0 Å². The summed E-state index contributed by atoms with van der Waals surface area (Å²) in [5.41, 5.74) is 5.65. The van der Waals surface area contributed by atoms with Crippen molar-refractivity contribution in [1.29, 1.82) is 0 Å². The summed E-state index contributed by atoms with van der Waals surface area (Å²) in [6, 6.07) is 7.98. The molecule has 3 heterocycles. The molecule has 4 aromatic rings. The Morgan fingerprint density at radius 1 is 1.18 bits per heavy atom. The minimum Gasteiger partial charge on any atom is -0.380 e. The lowest BCUT2D eigenvalue weighted by molar-refractivity contribution is 0.194. The van der Waals surface area contributed by atoms with E-state index in [4.69, 9.17) is 4.98 Å².